The van der Waals surface area contributed by atoms with Crippen LogP contribution in [0.1, 0.15) is 44.7 Å². The van der Waals surface area contributed by atoms with Gasteiger partial charge in [-0.25, -0.2) is 9.42 Å². The molecule has 4 rings (SSSR count). The molecule has 0 aliphatic rings. The number of aromatic hydroxyl groups is 1. The standard InChI is InChI=1S/C41H51N11O12/c1-22(2)17-29(39(58)43-16-15-33(54)48-31(41(60)61)20-44-28-13-14-32(52(62)63)36-35(28)50-64-51-36)49-40(59)30(19-24-7-5-4-6-8-24)47-34(55)21-45-37(56)23(3)46-38(57)27(42)18-25-9-11-26(53)12-10-25/h4-14,22-23,27,29-31,44,53H,15-21,42H2,1-3H3,(H,43,58)(H,45,56)(H,46,57)(H,47,55)(H,48,54)(H,49,59)(H,60,61)/t23-,27+,29+,30+,31+/m1/s1. The molecule has 5 atom stereocenters. The average Bonchev–Trinajstić information content (AvgIpc) is 3.75. The number of fused-ring (bicyclic) bond motifs is 1. The van der Waals surface area contributed by atoms with E-state index >= 15 is 0 Å². The maximum atomic E-state index is 13.8. The van der Waals surface area contributed by atoms with E-state index in [1.807, 2.05) is 13.8 Å². The molecular weight excluding hydrogens is 839 g/mol. The van der Waals surface area contributed by atoms with Crippen molar-refractivity contribution in [2.75, 3.05) is 25.0 Å². The van der Waals surface area contributed by atoms with Gasteiger partial charge in [0.2, 0.25) is 41.0 Å². The highest BCUT2D eigenvalue weighted by atomic mass is 16.6. The van der Waals surface area contributed by atoms with Gasteiger partial charge in [0.05, 0.1) is 23.2 Å². The first-order valence-electron chi connectivity index (χ1n) is 20.1. The molecule has 0 unspecified atom stereocenters. The molecule has 1 heterocycles. The fourth-order valence-electron chi connectivity index (χ4n) is 6.21. The predicted molar refractivity (Wildman–Crippen MR) is 228 cm³/mol. The van der Waals surface area contributed by atoms with Crippen molar-refractivity contribution in [2.45, 2.75) is 76.7 Å². The van der Waals surface area contributed by atoms with Gasteiger partial charge in [-0.3, -0.25) is 38.9 Å². The largest absolute Gasteiger partial charge is 0.508 e. The first-order chi connectivity index (χ1) is 30.4. The van der Waals surface area contributed by atoms with Crippen LogP contribution in [0.2, 0.25) is 0 Å². The topological polar surface area (TPSA) is 352 Å². The van der Waals surface area contributed by atoms with Crippen molar-refractivity contribution in [2.24, 2.45) is 11.7 Å². The number of rotatable bonds is 24. The van der Waals surface area contributed by atoms with Crippen LogP contribution >= 0.6 is 0 Å². The number of anilines is 1. The summed E-state index contributed by atoms with van der Waals surface area (Å²) in [5.41, 5.74) is 6.98. The van der Waals surface area contributed by atoms with Crippen LogP contribution in [0, 0.1) is 16.0 Å². The van der Waals surface area contributed by atoms with Crippen molar-refractivity contribution >= 4 is 63.8 Å². The summed E-state index contributed by atoms with van der Waals surface area (Å²) in [6.45, 7) is 3.88. The SMILES string of the molecule is CC(C)C[C@H](NC(=O)[C@H](Cc1ccccc1)NC(=O)CNC(=O)[C@@H](C)NC(=O)[C@@H](N)Cc1ccc(O)cc1)C(=O)NCCC(=O)N[C@@H](CNc1ccc([N+](=O)[O-])c2nonc12)C(=O)O. The summed E-state index contributed by atoms with van der Waals surface area (Å²) in [5, 5.41) is 55.5. The van der Waals surface area contributed by atoms with Crippen molar-refractivity contribution in [3.63, 3.8) is 0 Å². The highest BCUT2D eigenvalue weighted by Gasteiger charge is 2.29. The molecular formula is C41H51N11O12. The predicted octanol–water partition coefficient (Wildman–Crippen LogP) is -0.226. The van der Waals surface area contributed by atoms with Crippen LogP contribution < -0.4 is 43.0 Å². The molecule has 342 valence electrons. The Morgan fingerprint density at radius 3 is 2.05 bits per heavy atom. The Labute approximate surface area is 365 Å². The lowest BCUT2D eigenvalue weighted by molar-refractivity contribution is -0.383. The van der Waals surface area contributed by atoms with Gasteiger partial charge in [-0.05, 0) is 65.3 Å². The number of carboxylic acids is 1. The zero-order chi connectivity index (χ0) is 46.9. The molecule has 0 aliphatic heterocycles. The van der Waals surface area contributed by atoms with Crippen LogP contribution in [0.25, 0.3) is 11.0 Å². The van der Waals surface area contributed by atoms with Gasteiger partial charge in [-0.1, -0.05) is 56.3 Å². The van der Waals surface area contributed by atoms with Crippen LogP contribution in [0.4, 0.5) is 11.4 Å². The van der Waals surface area contributed by atoms with Gasteiger partial charge in [-0.15, -0.1) is 0 Å². The van der Waals surface area contributed by atoms with Crippen LogP contribution in [0.5, 0.6) is 5.75 Å². The van der Waals surface area contributed by atoms with Crippen LogP contribution in [-0.4, -0.2) is 117 Å². The smallest absolute Gasteiger partial charge is 0.328 e. The highest BCUT2D eigenvalue weighted by Crippen LogP contribution is 2.28. The van der Waals surface area contributed by atoms with Crippen molar-refractivity contribution < 1.29 is 53.3 Å². The number of aliphatic carboxylic acids is 1. The van der Waals surface area contributed by atoms with Gasteiger partial charge in [0.1, 0.15) is 29.9 Å². The lowest BCUT2D eigenvalue weighted by Gasteiger charge is -2.24. The normalized spacial score (nSPS) is 13.3. The van der Waals surface area contributed by atoms with Crippen LogP contribution in [-0.2, 0) is 46.4 Å². The minimum absolute atomic E-state index is 0.0120. The first-order valence-corrected chi connectivity index (χ1v) is 20.1. The Kier molecular flexibility index (Phi) is 18.0. The third kappa shape index (κ3) is 15.0. The van der Waals surface area contributed by atoms with E-state index in [1.54, 1.807) is 42.5 Å². The van der Waals surface area contributed by atoms with E-state index in [1.165, 1.54) is 25.1 Å². The van der Waals surface area contributed by atoms with E-state index in [0.717, 1.165) is 6.07 Å². The molecule has 1 aromatic heterocycles. The second kappa shape index (κ2) is 23.5. The van der Waals surface area contributed by atoms with Crippen molar-refractivity contribution in [1.29, 1.82) is 0 Å². The molecule has 0 aliphatic carbocycles. The van der Waals surface area contributed by atoms with Crippen molar-refractivity contribution in [3.8, 4) is 5.75 Å². The molecule has 0 spiro atoms. The number of nitrogens with one attached hydrogen (secondary N) is 7. The molecule has 11 N–H and O–H groups in total. The first kappa shape index (κ1) is 49.0. The molecule has 0 fully saturated rings. The number of aromatic nitrogens is 2. The molecule has 4 aromatic rings. The number of nitro groups is 1. The van der Waals surface area contributed by atoms with Crippen LogP contribution in [0.15, 0.2) is 71.4 Å². The molecule has 0 saturated heterocycles. The summed E-state index contributed by atoms with van der Waals surface area (Å²) >= 11 is 0. The van der Waals surface area contributed by atoms with E-state index < -0.39 is 83.1 Å². The van der Waals surface area contributed by atoms with Gasteiger partial charge in [-0.2, -0.15) is 0 Å². The van der Waals surface area contributed by atoms with E-state index in [-0.39, 0.29) is 72.8 Å². The number of non-ortho nitro benzene ring substituents is 1. The number of carboxylic acid groups (broad SMARTS) is 1. The molecule has 0 saturated carbocycles. The summed E-state index contributed by atoms with van der Waals surface area (Å²) in [6.07, 6.45) is -0.0296. The van der Waals surface area contributed by atoms with Gasteiger partial charge < -0.3 is 53.2 Å². The zero-order valence-electron chi connectivity index (χ0n) is 35.2. The molecule has 3 aromatic carbocycles. The number of phenolic OH excluding ortho intramolecular Hbond substituents is 1. The third-order valence-electron chi connectivity index (χ3n) is 9.55. The maximum Gasteiger partial charge on any atom is 0.328 e. The van der Waals surface area contributed by atoms with Crippen molar-refractivity contribution in [3.05, 3.63) is 88.0 Å². The molecule has 23 nitrogen and oxygen atoms in total. The average molecular weight is 890 g/mol. The highest BCUT2D eigenvalue weighted by molar-refractivity contribution is 5.95. The van der Waals surface area contributed by atoms with Gasteiger partial charge in [0, 0.05) is 32.0 Å². The maximum absolute atomic E-state index is 13.8. The molecule has 23 heteroatoms. The molecule has 6 amide bonds. The minimum atomic E-state index is -1.47. The lowest BCUT2D eigenvalue weighted by Crippen LogP contribution is -2.56. The van der Waals surface area contributed by atoms with E-state index in [4.69, 9.17) is 5.73 Å². The molecule has 0 bridgehead atoms. The summed E-state index contributed by atoms with van der Waals surface area (Å²) in [6, 6.07) is 11.4. The number of amides is 6. The monoisotopic (exact) mass is 889 g/mol. The molecule has 64 heavy (non-hydrogen) atoms. The second-order valence-electron chi connectivity index (χ2n) is 15.2. The Morgan fingerprint density at radius 2 is 1.39 bits per heavy atom. The Balaban J connectivity index is 1.30. The lowest BCUT2D eigenvalue weighted by atomic mass is 10.0. The number of nitrogens with zero attached hydrogens (tertiary/aromatic N) is 3. The zero-order valence-corrected chi connectivity index (χ0v) is 35.2. The van der Waals surface area contributed by atoms with E-state index in [0.29, 0.717) is 11.1 Å². The number of hydrogen-bond acceptors (Lipinski definition) is 15. The Hall–Kier alpha value is -7.69. The van der Waals surface area contributed by atoms with E-state index in [9.17, 15) is 53.9 Å². The van der Waals surface area contributed by atoms with Gasteiger partial charge >= 0.3 is 11.7 Å². The summed E-state index contributed by atoms with van der Waals surface area (Å²) in [7, 11) is 0. The summed E-state index contributed by atoms with van der Waals surface area (Å²) < 4.78 is 4.60. The third-order valence-corrected chi connectivity index (χ3v) is 9.55. The van der Waals surface area contributed by atoms with Crippen LogP contribution in [0.3, 0.4) is 0 Å². The van der Waals surface area contributed by atoms with Gasteiger partial charge in [0.25, 0.3) is 0 Å². The number of carbonyl (C=O) groups excluding carboxylic acids is 6. The number of benzene rings is 3. The number of nitro benzene ring substituents is 1. The minimum Gasteiger partial charge on any atom is -0.508 e. The fraction of sp³-hybridized carbons (Fsp3) is 0.390. The second-order valence-corrected chi connectivity index (χ2v) is 15.2. The fourth-order valence-corrected chi connectivity index (χ4v) is 6.21. The quantitative estimate of drug-likeness (QED) is 0.0321. The van der Waals surface area contributed by atoms with Gasteiger partial charge in [0.15, 0.2) is 5.52 Å². The summed E-state index contributed by atoms with van der Waals surface area (Å²) in [4.78, 5) is 101. The number of carbonyl (C=O) groups is 7. The number of phenols is 1. The Bertz CT molecular complexity index is 2290. The van der Waals surface area contributed by atoms with E-state index in [2.05, 4.69) is 52.2 Å². The molecule has 0 radical (unpaired) electrons. The Morgan fingerprint density at radius 1 is 0.734 bits per heavy atom. The summed E-state index contributed by atoms with van der Waals surface area (Å²) in [5.74, 6) is -5.60. The van der Waals surface area contributed by atoms with Crippen molar-refractivity contribution in [1.82, 2.24) is 42.2 Å². The number of hydrogen-bond donors (Lipinski definition) is 10. The number of nitrogens with two attached hydrogens (primary N) is 1.